The minimum absolute atomic E-state index is 0.232. The third kappa shape index (κ3) is 11.2. The van der Waals surface area contributed by atoms with Crippen molar-refractivity contribution in [3.63, 3.8) is 0 Å². The van der Waals surface area contributed by atoms with Crippen molar-refractivity contribution in [1.29, 1.82) is 0 Å². The zero-order valence-corrected chi connectivity index (χ0v) is 18.3. The standard InChI is InChI=1S/C22H37F7O2/c23-20(24,21(25,26)22(27,28)29)15-11-8-6-4-2-1-3-5-7-9-12-16-30-18-19-14-10-13-17-31-19/h19H,1-18H2. The molecule has 2 nitrogen and oxygen atoms in total. The zero-order valence-electron chi connectivity index (χ0n) is 18.3. The number of hydrogen-bond acceptors (Lipinski definition) is 2. The van der Waals surface area contributed by atoms with E-state index < -0.39 is 24.4 Å². The molecule has 186 valence electrons. The lowest BCUT2D eigenvalue weighted by molar-refractivity contribution is -0.355. The van der Waals surface area contributed by atoms with Crippen LogP contribution in [0.4, 0.5) is 30.7 Å². The molecule has 0 N–H and O–H groups in total. The lowest BCUT2D eigenvalue weighted by Gasteiger charge is -2.28. The van der Waals surface area contributed by atoms with Gasteiger partial charge in [-0.25, -0.2) is 0 Å². The fourth-order valence-electron chi connectivity index (χ4n) is 3.66. The summed E-state index contributed by atoms with van der Waals surface area (Å²) >= 11 is 0. The summed E-state index contributed by atoms with van der Waals surface area (Å²) in [5.74, 6) is -11.0. The van der Waals surface area contributed by atoms with Crippen LogP contribution < -0.4 is 0 Å². The van der Waals surface area contributed by atoms with Crippen molar-refractivity contribution in [3.05, 3.63) is 0 Å². The van der Waals surface area contributed by atoms with Crippen molar-refractivity contribution in [1.82, 2.24) is 0 Å². The predicted octanol–water partition coefficient (Wildman–Crippen LogP) is 8.09. The molecule has 0 spiro atoms. The first-order valence-corrected chi connectivity index (χ1v) is 11.6. The van der Waals surface area contributed by atoms with E-state index in [1.165, 1.54) is 6.42 Å². The Kier molecular flexibility index (Phi) is 13.4. The fourth-order valence-corrected chi connectivity index (χ4v) is 3.66. The molecule has 0 bridgehead atoms. The van der Waals surface area contributed by atoms with E-state index in [9.17, 15) is 30.7 Å². The predicted molar refractivity (Wildman–Crippen MR) is 106 cm³/mol. The molecule has 0 aliphatic carbocycles. The summed E-state index contributed by atoms with van der Waals surface area (Å²) in [7, 11) is 0. The minimum atomic E-state index is -6.23. The normalized spacial score (nSPS) is 18.5. The first-order valence-electron chi connectivity index (χ1n) is 11.6. The molecule has 0 aromatic rings. The maximum absolute atomic E-state index is 13.1. The number of rotatable bonds is 17. The second-order valence-electron chi connectivity index (χ2n) is 8.48. The van der Waals surface area contributed by atoms with Gasteiger partial charge in [-0.15, -0.1) is 0 Å². The van der Waals surface area contributed by atoms with Crippen LogP contribution in [0.3, 0.4) is 0 Å². The molecule has 0 aromatic carbocycles. The molecule has 0 radical (unpaired) electrons. The number of ether oxygens (including phenoxy) is 2. The molecule has 31 heavy (non-hydrogen) atoms. The number of alkyl halides is 7. The van der Waals surface area contributed by atoms with Gasteiger partial charge in [0, 0.05) is 19.6 Å². The molecule has 1 unspecified atom stereocenters. The quantitative estimate of drug-likeness (QED) is 0.159. The van der Waals surface area contributed by atoms with Crippen LogP contribution in [-0.2, 0) is 9.47 Å². The van der Waals surface area contributed by atoms with Crippen LogP contribution in [0.25, 0.3) is 0 Å². The van der Waals surface area contributed by atoms with Gasteiger partial charge in [-0.05, 0) is 32.1 Å². The van der Waals surface area contributed by atoms with Crippen LogP contribution in [0.2, 0.25) is 0 Å². The van der Waals surface area contributed by atoms with Gasteiger partial charge in [-0.3, -0.25) is 0 Å². The summed E-state index contributed by atoms with van der Waals surface area (Å²) < 4.78 is 99.2. The lowest BCUT2D eigenvalue weighted by atomic mass is 10.0. The molecule has 0 amide bonds. The maximum Gasteiger partial charge on any atom is 0.459 e. The summed E-state index contributed by atoms with van der Waals surface area (Å²) in [6.07, 6.45) is 4.65. The van der Waals surface area contributed by atoms with Crippen molar-refractivity contribution in [2.75, 3.05) is 19.8 Å². The Morgan fingerprint density at radius 3 is 1.68 bits per heavy atom. The van der Waals surface area contributed by atoms with Crippen LogP contribution >= 0.6 is 0 Å². The van der Waals surface area contributed by atoms with Gasteiger partial charge >= 0.3 is 18.0 Å². The van der Waals surface area contributed by atoms with Crippen molar-refractivity contribution in [2.45, 2.75) is 120 Å². The molecule has 1 rings (SSSR count). The molecular weight excluding hydrogens is 429 g/mol. The Balaban J connectivity index is 1.86. The van der Waals surface area contributed by atoms with E-state index in [0.717, 1.165) is 77.4 Å². The molecule has 1 aliphatic heterocycles. The molecule has 1 saturated heterocycles. The molecule has 1 heterocycles. The highest BCUT2D eigenvalue weighted by molar-refractivity contribution is 4.90. The Morgan fingerprint density at radius 2 is 1.19 bits per heavy atom. The molecular formula is C22H37F7O2. The topological polar surface area (TPSA) is 18.5 Å². The monoisotopic (exact) mass is 466 g/mol. The van der Waals surface area contributed by atoms with Gasteiger partial charge in [-0.2, -0.15) is 30.7 Å². The van der Waals surface area contributed by atoms with Crippen LogP contribution in [-0.4, -0.2) is 43.9 Å². The highest BCUT2D eigenvalue weighted by atomic mass is 19.4. The number of halogens is 7. The van der Waals surface area contributed by atoms with Crippen LogP contribution in [0.1, 0.15) is 96.3 Å². The highest BCUT2D eigenvalue weighted by Crippen LogP contribution is 2.48. The first kappa shape index (κ1) is 28.5. The molecule has 0 aromatic heterocycles. The molecule has 1 atom stereocenters. The summed E-state index contributed by atoms with van der Waals surface area (Å²) in [5, 5.41) is 0. The van der Waals surface area contributed by atoms with Crippen LogP contribution in [0, 0.1) is 0 Å². The summed E-state index contributed by atoms with van der Waals surface area (Å²) in [6, 6.07) is 0. The first-order chi connectivity index (χ1) is 14.6. The molecule has 1 aliphatic rings. The van der Waals surface area contributed by atoms with Crippen LogP contribution in [0.15, 0.2) is 0 Å². The SMILES string of the molecule is FC(F)(F)C(F)(F)C(F)(F)CCCCCCCCCCCCCOCC1CCCCO1. The van der Waals surface area contributed by atoms with Crippen molar-refractivity contribution >= 4 is 0 Å². The smallest absolute Gasteiger partial charge is 0.379 e. The minimum Gasteiger partial charge on any atom is -0.379 e. The van der Waals surface area contributed by atoms with Gasteiger partial charge in [-0.1, -0.05) is 57.8 Å². The number of unbranched alkanes of at least 4 members (excludes halogenated alkanes) is 10. The summed E-state index contributed by atoms with van der Waals surface area (Å²) in [6.45, 7) is 2.28. The highest BCUT2D eigenvalue weighted by Gasteiger charge is 2.72. The van der Waals surface area contributed by atoms with E-state index in [1.54, 1.807) is 0 Å². The molecule has 1 fully saturated rings. The van der Waals surface area contributed by atoms with E-state index >= 15 is 0 Å². The van der Waals surface area contributed by atoms with Crippen LogP contribution in [0.5, 0.6) is 0 Å². The average molecular weight is 467 g/mol. The summed E-state index contributed by atoms with van der Waals surface area (Å²) in [4.78, 5) is 0. The Bertz CT molecular complexity index is 450. The van der Waals surface area contributed by atoms with E-state index in [0.29, 0.717) is 13.0 Å². The second kappa shape index (κ2) is 14.6. The van der Waals surface area contributed by atoms with E-state index in [1.807, 2.05) is 0 Å². The lowest BCUT2D eigenvalue weighted by Crippen LogP contribution is -2.51. The van der Waals surface area contributed by atoms with Gasteiger partial charge in [0.2, 0.25) is 0 Å². The third-order valence-electron chi connectivity index (χ3n) is 5.67. The van der Waals surface area contributed by atoms with Gasteiger partial charge < -0.3 is 9.47 Å². The molecule has 9 heteroatoms. The van der Waals surface area contributed by atoms with E-state index in [-0.39, 0.29) is 18.9 Å². The van der Waals surface area contributed by atoms with Crippen molar-refractivity contribution in [2.24, 2.45) is 0 Å². The zero-order chi connectivity index (χ0) is 23.2. The Morgan fingerprint density at radius 1 is 0.677 bits per heavy atom. The Hall–Kier alpha value is -0.570. The maximum atomic E-state index is 13.1. The third-order valence-corrected chi connectivity index (χ3v) is 5.67. The average Bonchev–Trinajstić information content (AvgIpc) is 2.70. The van der Waals surface area contributed by atoms with E-state index in [4.69, 9.17) is 9.47 Å². The largest absolute Gasteiger partial charge is 0.459 e. The van der Waals surface area contributed by atoms with Gasteiger partial charge in [0.05, 0.1) is 12.7 Å². The van der Waals surface area contributed by atoms with Gasteiger partial charge in [0.15, 0.2) is 0 Å². The number of hydrogen-bond donors (Lipinski definition) is 0. The Labute approximate surface area is 181 Å². The fraction of sp³-hybridized carbons (Fsp3) is 1.00. The second-order valence-corrected chi connectivity index (χ2v) is 8.48. The van der Waals surface area contributed by atoms with E-state index in [2.05, 4.69) is 0 Å². The van der Waals surface area contributed by atoms with Crippen molar-refractivity contribution in [3.8, 4) is 0 Å². The van der Waals surface area contributed by atoms with Gasteiger partial charge in [0.25, 0.3) is 0 Å². The van der Waals surface area contributed by atoms with Crippen molar-refractivity contribution < 1.29 is 40.2 Å². The summed E-state index contributed by atoms with van der Waals surface area (Å²) in [5.41, 5.74) is 0. The molecule has 0 saturated carbocycles. The van der Waals surface area contributed by atoms with Gasteiger partial charge in [0.1, 0.15) is 0 Å².